The number of hydrogen-bond acceptors (Lipinski definition) is 4. The molecule has 0 spiro atoms. The maximum Gasteiger partial charge on any atom is 0.221 e. The zero-order chi connectivity index (χ0) is 19.1. The first-order valence-corrected chi connectivity index (χ1v) is 9.64. The Bertz CT molecular complexity index is 902. The number of hydrogen-bond donors (Lipinski definition) is 3. The van der Waals surface area contributed by atoms with E-state index in [2.05, 4.69) is 32.7 Å². The summed E-state index contributed by atoms with van der Waals surface area (Å²) in [7, 11) is 0. The lowest BCUT2D eigenvalue weighted by atomic mass is 10.1. The Morgan fingerprint density at radius 3 is 2.81 bits per heavy atom. The third-order valence-corrected chi connectivity index (χ3v) is 4.51. The summed E-state index contributed by atoms with van der Waals surface area (Å²) in [6.45, 7) is 4.62. The highest BCUT2D eigenvalue weighted by Crippen LogP contribution is 2.32. The molecule has 0 aliphatic rings. The summed E-state index contributed by atoms with van der Waals surface area (Å²) in [5, 5.41) is 14.9. The lowest BCUT2D eigenvalue weighted by molar-refractivity contribution is -0.114. The fourth-order valence-corrected chi connectivity index (χ4v) is 3.19. The normalized spacial score (nSPS) is 10.9. The number of unbranched alkanes of at least 4 members (excludes halogenated alkanes) is 4. The molecule has 0 atom stereocenters. The van der Waals surface area contributed by atoms with Crippen molar-refractivity contribution in [3.8, 4) is 11.3 Å². The minimum atomic E-state index is -0.0915. The number of nitrogens with one attached hydrogen (secondary N) is 3. The topological polar surface area (TPSA) is 82.7 Å². The average molecular weight is 365 g/mol. The van der Waals surface area contributed by atoms with Gasteiger partial charge >= 0.3 is 0 Å². The number of carbonyl (C=O) groups is 1. The van der Waals surface area contributed by atoms with Gasteiger partial charge in [-0.2, -0.15) is 5.10 Å². The van der Waals surface area contributed by atoms with E-state index in [-0.39, 0.29) is 5.91 Å². The van der Waals surface area contributed by atoms with Crippen LogP contribution in [0, 0.1) is 0 Å². The van der Waals surface area contributed by atoms with Gasteiger partial charge in [0.2, 0.25) is 5.91 Å². The number of fused-ring (bicyclic) bond motifs is 1. The highest BCUT2D eigenvalue weighted by Gasteiger charge is 2.13. The molecule has 3 aromatic rings. The van der Waals surface area contributed by atoms with Gasteiger partial charge in [0, 0.05) is 30.9 Å². The van der Waals surface area contributed by atoms with Crippen LogP contribution < -0.4 is 10.6 Å². The molecule has 1 aromatic carbocycles. The predicted molar refractivity (Wildman–Crippen MR) is 111 cm³/mol. The van der Waals surface area contributed by atoms with E-state index < -0.39 is 0 Å². The summed E-state index contributed by atoms with van der Waals surface area (Å²) in [5.74, 6) is 0.753. The van der Waals surface area contributed by atoms with E-state index in [9.17, 15) is 4.79 Å². The minimum absolute atomic E-state index is 0.0915. The summed E-state index contributed by atoms with van der Waals surface area (Å²) >= 11 is 0. The van der Waals surface area contributed by atoms with Crippen LogP contribution in [0.5, 0.6) is 0 Å². The second-order valence-corrected chi connectivity index (χ2v) is 6.76. The second kappa shape index (κ2) is 9.16. The number of rotatable bonds is 9. The van der Waals surface area contributed by atoms with Gasteiger partial charge in [-0.15, -0.1) is 0 Å². The first kappa shape index (κ1) is 18.9. The quantitative estimate of drug-likeness (QED) is 0.468. The summed E-state index contributed by atoms with van der Waals surface area (Å²) in [4.78, 5) is 15.9. The highest BCUT2D eigenvalue weighted by molar-refractivity contribution is 6.01. The molecule has 2 heterocycles. The van der Waals surface area contributed by atoms with Gasteiger partial charge in [-0.25, -0.2) is 4.98 Å². The molecule has 0 saturated carbocycles. The van der Waals surface area contributed by atoms with Crippen LogP contribution in [0.25, 0.3) is 22.2 Å². The molecule has 0 aliphatic carbocycles. The molecule has 1 amide bonds. The van der Waals surface area contributed by atoms with E-state index in [1.165, 1.54) is 32.6 Å². The fourth-order valence-electron chi connectivity index (χ4n) is 3.19. The van der Waals surface area contributed by atoms with Crippen molar-refractivity contribution in [2.45, 2.75) is 46.0 Å². The largest absolute Gasteiger partial charge is 0.369 e. The zero-order valence-corrected chi connectivity index (χ0v) is 16.0. The molecular weight excluding hydrogens is 338 g/mol. The number of carbonyl (C=O) groups excluding carboxylic acids is 1. The minimum Gasteiger partial charge on any atom is -0.369 e. The van der Waals surface area contributed by atoms with Gasteiger partial charge in [0.1, 0.15) is 11.5 Å². The molecule has 0 radical (unpaired) electrons. The lowest BCUT2D eigenvalue weighted by Gasteiger charge is -2.09. The first-order valence-electron chi connectivity index (χ1n) is 9.64. The lowest BCUT2D eigenvalue weighted by Crippen LogP contribution is -2.05. The summed E-state index contributed by atoms with van der Waals surface area (Å²) < 4.78 is 0. The molecule has 6 nitrogen and oxygen atoms in total. The zero-order valence-electron chi connectivity index (χ0n) is 16.0. The molecule has 0 bridgehead atoms. The Morgan fingerprint density at radius 1 is 1.15 bits per heavy atom. The molecular formula is C21H27N5O. The Hall–Kier alpha value is -2.89. The van der Waals surface area contributed by atoms with Crippen molar-refractivity contribution in [2.24, 2.45) is 0 Å². The smallest absolute Gasteiger partial charge is 0.221 e. The van der Waals surface area contributed by atoms with Gasteiger partial charge in [0.05, 0.1) is 10.9 Å². The third kappa shape index (κ3) is 4.84. The molecule has 0 aliphatic heterocycles. The van der Waals surface area contributed by atoms with Crippen LogP contribution in [-0.2, 0) is 4.79 Å². The number of amides is 1. The van der Waals surface area contributed by atoms with Crippen molar-refractivity contribution >= 4 is 28.3 Å². The molecule has 3 rings (SSSR count). The molecule has 27 heavy (non-hydrogen) atoms. The van der Waals surface area contributed by atoms with Crippen molar-refractivity contribution in [2.75, 3.05) is 17.2 Å². The molecule has 6 heteroatoms. The number of nitrogens with zero attached hydrogens (tertiary/aromatic N) is 2. The molecule has 142 valence electrons. The van der Waals surface area contributed by atoms with Gasteiger partial charge in [-0.3, -0.25) is 9.89 Å². The van der Waals surface area contributed by atoms with Crippen LogP contribution in [0.2, 0.25) is 0 Å². The van der Waals surface area contributed by atoms with Crippen LogP contribution in [0.1, 0.15) is 46.0 Å². The predicted octanol–water partition coefficient (Wildman–Crippen LogP) is 4.97. The number of pyridine rings is 1. The number of aromatic nitrogens is 3. The third-order valence-electron chi connectivity index (χ3n) is 4.51. The van der Waals surface area contributed by atoms with Gasteiger partial charge in [-0.1, -0.05) is 44.7 Å². The molecule has 0 fully saturated rings. The maximum absolute atomic E-state index is 11.3. The maximum atomic E-state index is 11.3. The highest BCUT2D eigenvalue weighted by atomic mass is 16.1. The Kier molecular flexibility index (Phi) is 6.41. The SMILES string of the molecule is CCCCCCCNc1nccc2[nH]nc(-c3cccc(NC(C)=O)c3)c12. The number of H-pyrrole nitrogens is 1. The van der Waals surface area contributed by atoms with Crippen molar-refractivity contribution < 1.29 is 4.79 Å². The Balaban J connectivity index is 1.82. The summed E-state index contributed by atoms with van der Waals surface area (Å²) in [6.07, 6.45) is 7.98. The van der Waals surface area contributed by atoms with Gasteiger partial charge in [0.25, 0.3) is 0 Å². The number of benzene rings is 1. The molecule has 0 saturated heterocycles. The van der Waals surface area contributed by atoms with Gasteiger partial charge in [0.15, 0.2) is 0 Å². The van der Waals surface area contributed by atoms with Gasteiger partial charge < -0.3 is 10.6 Å². The fraction of sp³-hybridized carbons (Fsp3) is 0.381. The van der Waals surface area contributed by atoms with Crippen LogP contribution in [0.15, 0.2) is 36.5 Å². The van der Waals surface area contributed by atoms with Crippen molar-refractivity contribution in [1.82, 2.24) is 15.2 Å². The van der Waals surface area contributed by atoms with E-state index in [1.54, 1.807) is 6.20 Å². The van der Waals surface area contributed by atoms with Crippen LogP contribution >= 0.6 is 0 Å². The molecule has 2 aromatic heterocycles. The summed E-state index contributed by atoms with van der Waals surface area (Å²) in [5.41, 5.74) is 3.47. The number of anilines is 2. The van der Waals surface area contributed by atoms with Crippen LogP contribution in [0.4, 0.5) is 11.5 Å². The standard InChI is InChI=1S/C21H27N5O/c1-3-4-5-6-7-12-22-21-19-18(11-13-23-21)25-26-20(19)16-9-8-10-17(14-16)24-15(2)27/h8-11,13-14H,3-7,12H2,1-2H3,(H,22,23)(H,24,27)(H,25,26). The summed E-state index contributed by atoms with van der Waals surface area (Å²) in [6, 6.07) is 9.63. The average Bonchev–Trinajstić information content (AvgIpc) is 3.09. The second-order valence-electron chi connectivity index (χ2n) is 6.76. The van der Waals surface area contributed by atoms with Gasteiger partial charge in [-0.05, 0) is 24.6 Å². The van der Waals surface area contributed by atoms with Crippen molar-refractivity contribution in [3.05, 3.63) is 36.5 Å². The van der Waals surface area contributed by atoms with Crippen LogP contribution in [-0.4, -0.2) is 27.6 Å². The van der Waals surface area contributed by atoms with Crippen molar-refractivity contribution in [3.63, 3.8) is 0 Å². The first-order chi connectivity index (χ1) is 13.2. The van der Waals surface area contributed by atoms with E-state index in [4.69, 9.17) is 0 Å². The van der Waals surface area contributed by atoms with E-state index in [1.807, 2.05) is 30.3 Å². The van der Waals surface area contributed by atoms with Crippen LogP contribution in [0.3, 0.4) is 0 Å². The molecule has 3 N–H and O–H groups in total. The van der Waals surface area contributed by atoms with E-state index in [0.717, 1.165) is 46.6 Å². The van der Waals surface area contributed by atoms with Crippen molar-refractivity contribution in [1.29, 1.82) is 0 Å². The monoisotopic (exact) mass is 365 g/mol. The Labute approximate surface area is 159 Å². The van der Waals surface area contributed by atoms with E-state index in [0.29, 0.717) is 0 Å². The van der Waals surface area contributed by atoms with E-state index >= 15 is 0 Å². The molecule has 0 unspecified atom stereocenters. The Morgan fingerprint density at radius 2 is 2.00 bits per heavy atom. The number of aromatic amines is 1.